The number of thiazole rings is 1. The molecule has 0 unspecified atom stereocenters. The molecular formula is C24H22N6OS. The summed E-state index contributed by atoms with van der Waals surface area (Å²) in [5, 5.41) is 6.95. The van der Waals surface area contributed by atoms with Gasteiger partial charge in [0, 0.05) is 31.8 Å². The molecule has 160 valence electrons. The fraction of sp³-hybridized carbons (Fsp3) is 0.167. The van der Waals surface area contributed by atoms with Crippen molar-refractivity contribution >= 4 is 44.4 Å². The minimum Gasteiger partial charge on any atom is -0.371 e. The highest BCUT2D eigenvalue weighted by Gasteiger charge is 2.17. The van der Waals surface area contributed by atoms with Crippen molar-refractivity contribution in [3.05, 3.63) is 72.1 Å². The number of carbonyl (C=O) groups is 1. The minimum atomic E-state index is -0.0893. The lowest BCUT2D eigenvalue weighted by atomic mass is 10.1. The van der Waals surface area contributed by atoms with Crippen molar-refractivity contribution in [1.29, 1.82) is 0 Å². The van der Waals surface area contributed by atoms with E-state index in [-0.39, 0.29) is 5.91 Å². The van der Waals surface area contributed by atoms with E-state index >= 15 is 0 Å². The number of imidazole rings is 1. The first-order chi connectivity index (χ1) is 15.6. The molecule has 1 amide bonds. The van der Waals surface area contributed by atoms with Gasteiger partial charge < -0.3 is 15.2 Å². The summed E-state index contributed by atoms with van der Waals surface area (Å²) >= 11 is 1.51. The predicted octanol–water partition coefficient (Wildman–Crippen LogP) is 4.26. The second-order valence-corrected chi connectivity index (χ2v) is 8.49. The number of anilines is 1. The number of nitrogens with one attached hydrogen (secondary N) is 2. The summed E-state index contributed by atoms with van der Waals surface area (Å²) in [5.41, 5.74) is 5.26. The molecule has 5 rings (SSSR count). The van der Waals surface area contributed by atoms with Gasteiger partial charge in [0.2, 0.25) is 0 Å². The van der Waals surface area contributed by atoms with Crippen molar-refractivity contribution < 1.29 is 4.79 Å². The average Bonchev–Trinajstić information content (AvgIpc) is 3.43. The fourth-order valence-electron chi connectivity index (χ4n) is 3.74. The summed E-state index contributed by atoms with van der Waals surface area (Å²) in [4.78, 5) is 27.5. The number of nitrogens with zero attached hydrogens (tertiary/aromatic N) is 4. The molecule has 2 aromatic carbocycles. The summed E-state index contributed by atoms with van der Waals surface area (Å²) in [6.07, 6.45) is 2.57. The fourth-order valence-corrected chi connectivity index (χ4v) is 4.68. The molecule has 0 radical (unpaired) electrons. The van der Waals surface area contributed by atoms with Gasteiger partial charge in [-0.2, -0.15) is 0 Å². The highest BCUT2D eigenvalue weighted by atomic mass is 32.1. The van der Waals surface area contributed by atoms with Gasteiger partial charge in [-0.3, -0.25) is 4.79 Å². The zero-order chi connectivity index (χ0) is 22.1. The van der Waals surface area contributed by atoms with Crippen LogP contribution in [0.25, 0.3) is 32.0 Å². The Hall–Kier alpha value is -3.78. The van der Waals surface area contributed by atoms with Crippen LogP contribution in [0.2, 0.25) is 0 Å². The van der Waals surface area contributed by atoms with Crippen molar-refractivity contribution in [3.63, 3.8) is 0 Å². The molecular weight excluding hydrogens is 420 g/mol. The van der Waals surface area contributed by atoms with Gasteiger partial charge in [0.1, 0.15) is 26.4 Å². The first-order valence-corrected chi connectivity index (χ1v) is 11.2. The maximum absolute atomic E-state index is 12.7. The smallest absolute Gasteiger partial charge is 0.251 e. The van der Waals surface area contributed by atoms with Crippen LogP contribution < -0.4 is 10.6 Å². The predicted molar refractivity (Wildman–Crippen MR) is 129 cm³/mol. The van der Waals surface area contributed by atoms with E-state index in [1.165, 1.54) is 16.9 Å². The molecule has 8 heteroatoms. The first-order valence-electron chi connectivity index (χ1n) is 10.4. The molecule has 0 bridgehead atoms. The number of pyridine rings is 1. The van der Waals surface area contributed by atoms with E-state index in [1.54, 1.807) is 6.33 Å². The van der Waals surface area contributed by atoms with Gasteiger partial charge >= 0.3 is 0 Å². The van der Waals surface area contributed by atoms with Crippen LogP contribution in [-0.4, -0.2) is 39.0 Å². The van der Waals surface area contributed by atoms with Gasteiger partial charge in [-0.15, -0.1) is 0 Å². The summed E-state index contributed by atoms with van der Waals surface area (Å²) in [6.45, 7) is 0.587. The number of hydrogen-bond acceptors (Lipinski definition) is 6. The van der Waals surface area contributed by atoms with Crippen LogP contribution in [0.4, 0.5) is 5.82 Å². The monoisotopic (exact) mass is 442 g/mol. The molecule has 0 aliphatic carbocycles. The van der Waals surface area contributed by atoms with Crippen LogP contribution in [0.15, 0.2) is 60.9 Å². The Bertz CT molecular complexity index is 1420. The lowest BCUT2D eigenvalue weighted by Crippen LogP contribution is -2.25. The zero-order valence-electron chi connectivity index (χ0n) is 17.8. The topological polar surface area (TPSA) is 84.7 Å². The van der Waals surface area contributed by atoms with Crippen molar-refractivity contribution in [2.24, 2.45) is 7.05 Å². The lowest BCUT2D eigenvalue weighted by molar-refractivity contribution is 0.0954. The van der Waals surface area contributed by atoms with E-state index < -0.39 is 0 Å². The van der Waals surface area contributed by atoms with Crippen LogP contribution in [0.5, 0.6) is 0 Å². The van der Waals surface area contributed by atoms with Crippen molar-refractivity contribution in [2.75, 3.05) is 18.9 Å². The molecule has 32 heavy (non-hydrogen) atoms. The summed E-state index contributed by atoms with van der Waals surface area (Å²) in [5.74, 6) is 0.642. The van der Waals surface area contributed by atoms with Crippen LogP contribution in [-0.2, 0) is 13.5 Å². The third-order valence-corrected chi connectivity index (χ3v) is 6.36. The Morgan fingerprint density at radius 3 is 2.72 bits per heavy atom. The number of benzene rings is 2. The highest BCUT2D eigenvalue weighted by Crippen LogP contribution is 2.35. The zero-order valence-corrected chi connectivity index (χ0v) is 18.6. The Morgan fingerprint density at radius 2 is 1.91 bits per heavy atom. The number of hydrogen-bond donors (Lipinski definition) is 2. The Kier molecular flexibility index (Phi) is 5.28. The average molecular weight is 443 g/mol. The van der Waals surface area contributed by atoms with Gasteiger partial charge in [0.25, 0.3) is 5.91 Å². The molecule has 0 aliphatic heterocycles. The molecule has 0 saturated carbocycles. The number of aromatic nitrogens is 4. The summed E-state index contributed by atoms with van der Waals surface area (Å²) < 4.78 is 1.96. The van der Waals surface area contributed by atoms with E-state index in [2.05, 4.69) is 27.8 Å². The number of rotatable bonds is 6. The molecule has 2 N–H and O–H groups in total. The van der Waals surface area contributed by atoms with E-state index in [1.807, 2.05) is 61.1 Å². The van der Waals surface area contributed by atoms with E-state index in [0.29, 0.717) is 12.1 Å². The molecule has 7 nitrogen and oxygen atoms in total. The maximum atomic E-state index is 12.7. The molecule has 0 spiro atoms. The van der Waals surface area contributed by atoms with E-state index in [0.717, 1.165) is 44.2 Å². The van der Waals surface area contributed by atoms with Crippen molar-refractivity contribution in [2.45, 2.75) is 6.42 Å². The van der Waals surface area contributed by atoms with Gasteiger partial charge in [0.15, 0.2) is 5.82 Å². The number of amides is 1. The van der Waals surface area contributed by atoms with Crippen molar-refractivity contribution in [3.8, 4) is 10.6 Å². The third-order valence-electron chi connectivity index (χ3n) is 5.36. The summed E-state index contributed by atoms with van der Waals surface area (Å²) in [7, 11) is 3.79. The number of aryl methyl sites for hydroxylation is 1. The van der Waals surface area contributed by atoms with Crippen LogP contribution in [0.1, 0.15) is 15.9 Å². The molecule has 3 heterocycles. The molecule has 0 fully saturated rings. The van der Waals surface area contributed by atoms with Gasteiger partial charge in [-0.1, -0.05) is 53.8 Å². The molecule has 5 aromatic rings. The molecule has 3 aromatic heterocycles. The van der Waals surface area contributed by atoms with Crippen molar-refractivity contribution in [1.82, 2.24) is 24.8 Å². The largest absolute Gasteiger partial charge is 0.371 e. The van der Waals surface area contributed by atoms with E-state index in [4.69, 9.17) is 9.97 Å². The normalized spacial score (nSPS) is 11.2. The molecule has 0 atom stereocenters. The SMILES string of the molecule is CNc1nc2sc(-c3cccc(C(=O)NCCc4ccccc4)c3)nc2c2c1ncn2C. The first kappa shape index (κ1) is 20.1. The van der Waals surface area contributed by atoms with Gasteiger partial charge in [-0.05, 0) is 24.1 Å². The van der Waals surface area contributed by atoms with E-state index in [9.17, 15) is 4.79 Å². The van der Waals surface area contributed by atoms with Crippen LogP contribution in [0, 0.1) is 0 Å². The van der Waals surface area contributed by atoms with Gasteiger partial charge in [-0.25, -0.2) is 15.0 Å². The molecule has 0 aliphatic rings. The highest BCUT2D eigenvalue weighted by molar-refractivity contribution is 7.21. The second kappa shape index (κ2) is 8.39. The summed E-state index contributed by atoms with van der Waals surface area (Å²) in [6, 6.07) is 17.7. The Labute approximate surface area is 189 Å². The minimum absolute atomic E-state index is 0.0893. The lowest BCUT2D eigenvalue weighted by Gasteiger charge is -2.06. The quantitative estimate of drug-likeness (QED) is 0.410. The third kappa shape index (κ3) is 3.69. The van der Waals surface area contributed by atoms with Crippen LogP contribution >= 0.6 is 11.3 Å². The maximum Gasteiger partial charge on any atom is 0.251 e. The number of fused-ring (bicyclic) bond motifs is 3. The Balaban J connectivity index is 1.42. The Morgan fingerprint density at radius 1 is 1.06 bits per heavy atom. The molecule has 0 saturated heterocycles. The standard InChI is InChI=1S/C24H22N6OS/c1-25-21-18-20(30(2)14-27-18)19-24(29-21)32-23(28-19)17-10-6-9-16(13-17)22(31)26-12-11-15-7-4-3-5-8-15/h3-10,13-14H,11-12H2,1-2H3,(H,25,29)(H,26,31). The second-order valence-electron chi connectivity index (χ2n) is 7.51. The van der Waals surface area contributed by atoms with Crippen LogP contribution in [0.3, 0.4) is 0 Å². The number of carbonyl (C=O) groups excluding carboxylic acids is 1. The van der Waals surface area contributed by atoms with Gasteiger partial charge in [0.05, 0.1) is 6.33 Å².